The maximum absolute atomic E-state index is 13.1. The third-order valence-corrected chi connectivity index (χ3v) is 4.86. The van der Waals surface area contributed by atoms with Gasteiger partial charge in [0, 0.05) is 0 Å². The Morgan fingerprint density at radius 3 is 2.67 bits per heavy atom. The Morgan fingerprint density at radius 1 is 1.17 bits per heavy atom. The number of aryl methyl sites for hydroxylation is 1. The predicted molar refractivity (Wildman–Crippen MR) is 93.5 cm³/mol. The lowest BCUT2D eigenvalue weighted by molar-refractivity contribution is 0.363. The molecule has 0 saturated carbocycles. The van der Waals surface area contributed by atoms with Crippen molar-refractivity contribution in [3.05, 3.63) is 58.4 Å². The summed E-state index contributed by atoms with van der Waals surface area (Å²) in [6, 6.07) is 13.7. The summed E-state index contributed by atoms with van der Waals surface area (Å²) in [6.07, 6.45) is 0.454. The summed E-state index contributed by atoms with van der Waals surface area (Å²) in [5.74, 6) is 0.682. The summed E-state index contributed by atoms with van der Waals surface area (Å²) < 4.78 is 9.41. The first-order valence-corrected chi connectivity index (χ1v) is 8.19. The van der Waals surface area contributed by atoms with Crippen molar-refractivity contribution in [2.75, 3.05) is 0 Å². The fourth-order valence-corrected chi connectivity index (χ4v) is 3.45. The molecule has 1 fully saturated rings. The minimum atomic E-state index is -0.0188. The monoisotopic (exact) mass is 319 g/mol. The molecule has 24 heavy (non-hydrogen) atoms. The number of fused-ring (bicyclic) bond motifs is 4. The van der Waals surface area contributed by atoms with E-state index in [4.69, 9.17) is 9.72 Å². The number of epoxide rings is 1. The van der Waals surface area contributed by atoms with Crippen LogP contribution in [0.15, 0.2) is 47.3 Å². The Balaban J connectivity index is 1.94. The van der Waals surface area contributed by atoms with Gasteiger partial charge in [-0.3, -0.25) is 4.79 Å². The van der Waals surface area contributed by atoms with E-state index >= 15 is 0 Å². The molecule has 1 saturated heterocycles. The van der Waals surface area contributed by atoms with Crippen LogP contribution in [0.5, 0.6) is 0 Å². The quantitative estimate of drug-likeness (QED) is 0.534. The van der Waals surface area contributed by atoms with Gasteiger partial charge in [0.1, 0.15) is 6.10 Å². The first-order valence-electron chi connectivity index (χ1n) is 8.19. The summed E-state index contributed by atoms with van der Waals surface area (Å²) in [7, 11) is 0. The Labute approximate surface area is 138 Å². The average molecular weight is 319 g/mol. The zero-order chi connectivity index (χ0) is 16.4. The van der Waals surface area contributed by atoms with Crippen molar-refractivity contribution >= 4 is 27.7 Å². The van der Waals surface area contributed by atoms with E-state index in [0.717, 1.165) is 22.1 Å². The minimum absolute atomic E-state index is 0.0188. The highest BCUT2D eigenvalue weighted by atomic mass is 16.6. The molecule has 3 heterocycles. The van der Waals surface area contributed by atoms with Crippen molar-refractivity contribution in [3.8, 4) is 0 Å². The van der Waals surface area contributed by atoms with Gasteiger partial charge in [0.15, 0.2) is 0 Å². The summed E-state index contributed by atoms with van der Waals surface area (Å²) in [6.45, 7) is 4.79. The Morgan fingerprint density at radius 2 is 1.92 bits per heavy atom. The molecule has 0 N–H and O–H groups in total. The van der Waals surface area contributed by atoms with E-state index in [1.54, 1.807) is 4.40 Å². The van der Waals surface area contributed by atoms with E-state index in [9.17, 15) is 4.79 Å². The standard InChI is InChI=1S/C19H17N3O2/c1-11-7-8-13-14(9-11)20-19-21(10-17-12(2)24-17)15-5-3-4-6-16(15)22(19)18(13)23/h3-9,12,17H,10H2,1-2H3. The SMILES string of the molecule is Cc1ccc2c(=O)n3c4ccccc4n(CC4OC4C)c3nc2c1. The second-order valence-electron chi connectivity index (χ2n) is 6.55. The lowest BCUT2D eigenvalue weighted by atomic mass is 10.2. The first kappa shape index (κ1) is 13.7. The van der Waals surface area contributed by atoms with Gasteiger partial charge in [0.05, 0.1) is 34.6 Å². The number of rotatable bonds is 2. The number of ether oxygens (including phenoxy) is 1. The van der Waals surface area contributed by atoms with Crippen LogP contribution in [0.25, 0.3) is 27.7 Å². The molecule has 1 aliphatic rings. The molecule has 0 radical (unpaired) electrons. The molecule has 5 nitrogen and oxygen atoms in total. The van der Waals surface area contributed by atoms with E-state index in [0.29, 0.717) is 17.7 Å². The molecule has 2 atom stereocenters. The zero-order valence-corrected chi connectivity index (χ0v) is 13.6. The largest absolute Gasteiger partial charge is 0.368 e. The van der Waals surface area contributed by atoms with E-state index in [1.165, 1.54) is 0 Å². The van der Waals surface area contributed by atoms with Crippen LogP contribution in [0.3, 0.4) is 0 Å². The summed E-state index contributed by atoms with van der Waals surface area (Å²) in [5.41, 5.74) is 3.72. The third kappa shape index (κ3) is 1.85. The van der Waals surface area contributed by atoms with Crippen molar-refractivity contribution in [1.29, 1.82) is 0 Å². The van der Waals surface area contributed by atoms with Gasteiger partial charge < -0.3 is 9.30 Å². The summed E-state index contributed by atoms with van der Waals surface area (Å²) >= 11 is 0. The number of benzene rings is 2. The number of hydrogen-bond donors (Lipinski definition) is 0. The normalized spacial score (nSPS) is 20.2. The maximum Gasteiger partial charge on any atom is 0.267 e. The topological polar surface area (TPSA) is 51.8 Å². The fraction of sp³-hybridized carbons (Fsp3) is 0.263. The van der Waals surface area contributed by atoms with Crippen LogP contribution in [0, 0.1) is 6.92 Å². The summed E-state index contributed by atoms with van der Waals surface area (Å²) in [5, 5.41) is 0.650. The lowest BCUT2D eigenvalue weighted by Crippen LogP contribution is -2.16. The Kier molecular flexibility index (Phi) is 2.68. The number of imidazole rings is 1. The number of para-hydroxylation sites is 2. The van der Waals surface area contributed by atoms with Crippen LogP contribution in [-0.4, -0.2) is 26.2 Å². The Bertz CT molecular complexity index is 1170. The average Bonchev–Trinajstić information content (AvgIpc) is 3.18. The molecule has 0 amide bonds. The third-order valence-electron chi connectivity index (χ3n) is 4.86. The molecule has 5 heteroatoms. The lowest BCUT2D eigenvalue weighted by Gasteiger charge is -2.05. The van der Waals surface area contributed by atoms with Gasteiger partial charge in [0.2, 0.25) is 5.78 Å². The fourth-order valence-electron chi connectivity index (χ4n) is 3.45. The van der Waals surface area contributed by atoms with Gasteiger partial charge in [-0.1, -0.05) is 18.2 Å². The highest BCUT2D eigenvalue weighted by Crippen LogP contribution is 2.27. The minimum Gasteiger partial charge on any atom is -0.368 e. The van der Waals surface area contributed by atoms with E-state index in [2.05, 4.69) is 11.5 Å². The first-order chi connectivity index (χ1) is 11.6. The second kappa shape index (κ2) is 4.68. The van der Waals surface area contributed by atoms with Gasteiger partial charge in [-0.25, -0.2) is 9.38 Å². The molecular weight excluding hydrogens is 302 g/mol. The van der Waals surface area contributed by atoms with Crippen LogP contribution < -0.4 is 5.56 Å². The highest BCUT2D eigenvalue weighted by Gasteiger charge is 2.35. The van der Waals surface area contributed by atoms with Gasteiger partial charge in [-0.05, 0) is 43.7 Å². The van der Waals surface area contributed by atoms with Crippen LogP contribution >= 0.6 is 0 Å². The molecule has 2 aromatic carbocycles. The molecule has 0 bridgehead atoms. The van der Waals surface area contributed by atoms with Crippen molar-refractivity contribution < 1.29 is 4.74 Å². The maximum atomic E-state index is 13.1. The van der Waals surface area contributed by atoms with E-state index in [-0.39, 0.29) is 17.8 Å². The van der Waals surface area contributed by atoms with Crippen molar-refractivity contribution in [2.45, 2.75) is 32.6 Å². The Hall–Kier alpha value is -2.66. The van der Waals surface area contributed by atoms with Crippen LogP contribution in [-0.2, 0) is 11.3 Å². The predicted octanol–water partition coefficient (Wildman–Crippen LogP) is 2.90. The van der Waals surface area contributed by atoms with Gasteiger partial charge in [0.25, 0.3) is 5.56 Å². The number of nitrogens with zero attached hydrogens (tertiary/aromatic N) is 3. The van der Waals surface area contributed by atoms with Crippen LogP contribution in [0.4, 0.5) is 0 Å². The molecule has 5 rings (SSSR count). The molecule has 1 aliphatic heterocycles. The van der Waals surface area contributed by atoms with Gasteiger partial charge in [-0.2, -0.15) is 0 Å². The van der Waals surface area contributed by atoms with Crippen LogP contribution in [0.2, 0.25) is 0 Å². The van der Waals surface area contributed by atoms with Crippen molar-refractivity contribution in [1.82, 2.24) is 14.0 Å². The smallest absolute Gasteiger partial charge is 0.267 e. The van der Waals surface area contributed by atoms with Crippen LogP contribution in [0.1, 0.15) is 12.5 Å². The van der Waals surface area contributed by atoms with Crippen molar-refractivity contribution in [3.63, 3.8) is 0 Å². The van der Waals surface area contributed by atoms with E-state index < -0.39 is 0 Å². The van der Waals surface area contributed by atoms with E-state index in [1.807, 2.05) is 49.4 Å². The molecule has 2 unspecified atom stereocenters. The molecule has 0 spiro atoms. The molecule has 2 aromatic heterocycles. The highest BCUT2D eigenvalue weighted by molar-refractivity contribution is 5.86. The number of aromatic nitrogens is 3. The van der Waals surface area contributed by atoms with Crippen molar-refractivity contribution in [2.24, 2.45) is 0 Å². The molecule has 120 valence electrons. The second-order valence-corrected chi connectivity index (χ2v) is 6.55. The molecule has 4 aromatic rings. The number of hydrogen-bond acceptors (Lipinski definition) is 3. The van der Waals surface area contributed by atoms with Gasteiger partial charge >= 0.3 is 0 Å². The molecular formula is C19H17N3O2. The van der Waals surface area contributed by atoms with Gasteiger partial charge in [-0.15, -0.1) is 0 Å². The summed E-state index contributed by atoms with van der Waals surface area (Å²) in [4.78, 5) is 17.9. The zero-order valence-electron chi connectivity index (χ0n) is 13.6. The molecule has 0 aliphatic carbocycles.